The maximum Gasteiger partial charge on any atom is 0.291 e. The molecular weight excluding hydrogens is 380 g/mol. The van der Waals surface area contributed by atoms with Gasteiger partial charge < -0.3 is 4.90 Å². The smallest absolute Gasteiger partial charge is 0.291 e. The Labute approximate surface area is 142 Å². The summed E-state index contributed by atoms with van der Waals surface area (Å²) in [7, 11) is 0. The molecule has 0 N–H and O–H groups in total. The molecule has 2 aromatic heterocycles. The minimum absolute atomic E-state index is 0.209. The third-order valence-electron chi connectivity index (χ3n) is 3.61. The van der Waals surface area contributed by atoms with Crippen molar-refractivity contribution in [2.75, 3.05) is 11.4 Å². The second-order valence-electron chi connectivity index (χ2n) is 4.93. The van der Waals surface area contributed by atoms with Crippen molar-refractivity contribution in [3.8, 4) is 0 Å². The molecular formula is C15H9BrN4O2S. The maximum atomic E-state index is 12.9. The van der Waals surface area contributed by atoms with E-state index in [1.165, 1.54) is 22.2 Å². The molecule has 1 aliphatic heterocycles. The zero-order valence-electron chi connectivity index (χ0n) is 11.7. The molecule has 0 bridgehead atoms. The normalized spacial score (nSPS) is 16.2. The first-order valence-corrected chi connectivity index (χ1v) is 8.32. The number of hydrogen-bond donors (Lipinski definition) is 0. The van der Waals surface area contributed by atoms with Gasteiger partial charge in [-0.3, -0.25) is 9.59 Å². The lowest BCUT2D eigenvalue weighted by Crippen LogP contribution is -2.32. The number of aromatic nitrogens is 3. The molecule has 114 valence electrons. The number of amides is 1. The first kappa shape index (κ1) is 14.3. The predicted octanol–water partition coefficient (Wildman–Crippen LogP) is 1.36. The molecule has 0 atom stereocenters. The SMILES string of the molecule is C=CCN1C(=O)/C(=c2\sc3ncnn3c2=O)c2cc(Br)ccc21. The monoisotopic (exact) mass is 388 g/mol. The highest BCUT2D eigenvalue weighted by molar-refractivity contribution is 9.10. The van der Waals surface area contributed by atoms with E-state index in [2.05, 4.69) is 32.6 Å². The summed E-state index contributed by atoms with van der Waals surface area (Å²) in [5.41, 5.74) is 1.57. The van der Waals surface area contributed by atoms with Gasteiger partial charge in [0, 0.05) is 16.6 Å². The number of halogens is 1. The van der Waals surface area contributed by atoms with Gasteiger partial charge >= 0.3 is 0 Å². The molecule has 3 aromatic rings. The first-order chi connectivity index (χ1) is 11.1. The van der Waals surface area contributed by atoms with E-state index in [0.29, 0.717) is 21.6 Å². The van der Waals surface area contributed by atoms with Crippen LogP contribution in [0.1, 0.15) is 5.56 Å². The number of thiazole rings is 1. The van der Waals surface area contributed by atoms with E-state index in [0.717, 1.165) is 15.7 Å². The second kappa shape index (κ2) is 5.10. The summed E-state index contributed by atoms with van der Waals surface area (Å²) in [6.45, 7) is 4.08. The van der Waals surface area contributed by atoms with E-state index in [9.17, 15) is 9.59 Å². The molecule has 3 heterocycles. The van der Waals surface area contributed by atoms with Crippen molar-refractivity contribution in [1.82, 2.24) is 14.6 Å². The van der Waals surface area contributed by atoms with Crippen LogP contribution in [0.5, 0.6) is 0 Å². The highest BCUT2D eigenvalue weighted by atomic mass is 79.9. The Bertz CT molecular complexity index is 1080. The molecule has 1 aliphatic rings. The summed E-state index contributed by atoms with van der Waals surface area (Å²) < 4.78 is 2.42. The molecule has 8 heteroatoms. The van der Waals surface area contributed by atoms with Gasteiger partial charge in [-0.05, 0) is 18.2 Å². The molecule has 0 unspecified atom stereocenters. The van der Waals surface area contributed by atoms with Crippen LogP contribution in [0, 0.1) is 0 Å². The third-order valence-corrected chi connectivity index (χ3v) is 5.15. The van der Waals surface area contributed by atoms with Gasteiger partial charge in [-0.2, -0.15) is 9.61 Å². The van der Waals surface area contributed by atoms with Crippen LogP contribution in [0.2, 0.25) is 0 Å². The van der Waals surface area contributed by atoms with E-state index in [4.69, 9.17) is 0 Å². The standard InChI is InChI=1S/C15H9BrN4O2S/c1-2-5-19-10-4-3-8(16)6-9(10)11(13(19)21)12-14(22)20-15(23-12)17-7-18-20/h2-4,6-7H,1,5H2/b12-11-. The average molecular weight is 389 g/mol. The van der Waals surface area contributed by atoms with Crippen LogP contribution < -0.4 is 15.0 Å². The third kappa shape index (κ3) is 1.98. The fraction of sp³-hybridized carbons (Fsp3) is 0.0667. The number of carbonyl (C=O) groups excluding carboxylic acids is 1. The van der Waals surface area contributed by atoms with Crippen LogP contribution in [0.4, 0.5) is 5.69 Å². The van der Waals surface area contributed by atoms with E-state index in [1.807, 2.05) is 18.2 Å². The molecule has 0 aliphatic carbocycles. The fourth-order valence-electron chi connectivity index (χ4n) is 2.66. The molecule has 1 amide bonds. The molecule has 0 saturated carbocycles. The molecule has 0 spiro atoms. The Morgan fingerprint density at radius 1 is 1.35 bits per heavy atom. The van der Waals surface area contributed by atoms with Gasteiger partial charge in [-0.25, -0.2) is 4.98 Å². The molecule has 0 radical (unpaired) electrons. The van der Waals surface area contributed by atoms with Crippen molar-refractivity contribution >= 4 is 49.4 Å². The van der Waals surface area contributed by atoms with Gasteiger partial charge in [0.25, 0.3) is 11.5 Å². The van der Waals surface area contributed by atoms with Crippen LogP contribution in [0.3, 0.4) is 0 Å². The second-order valence-corrected chi connectivity index (χ2v) is 6.82. The number of rotatable bonds is 2. The highest BCUT2D eigenvalue weighted by Gasteiger charge is 2.33. The molecule has 4 rings (SSSR count). The topological polar surface area (TPSA) is 67.6 Å². The van der Waals surface area contributed by atoms with Crippen molar-refractivity contribution in [3.63, 3.8) is 0 Å². The minimum Gasteiger partial charge on any atom is -0.304 e. The Kier molecular flexibility index (Phi) is 3.17. The van der Waals surface area contributed by atoms with Gasteiger partial charge in [0.05, 0.1) is 11.3 Å². The molecule has 23 heavy (non-hydrogen) atoms. The van der Waals surface area contributed by atoms with Crippen LogP contribution in [0.25, 0.3) is 10.5 Å². The van der Waals surface area contributed by atoms with E-state index < -0.39 is 0 Å². The van der Waals surface area contributed by atoms with Gasteiger partial charge in [0.1, 0.15) is 10.9 Å². The Balaban J connectivity index is 2.12. The lowest BCUT2D eigenvalue weighted by molar-refractivity contribution is -0.112. The fourth-order valence-corrected chi connectivity index (χ4v) is 4.00. The van der Waals surface area contributed by atoms with Gasteiger partial charge in [0.2, 0.25) is 4.96 Å². The van der Waals surface area contributed by atoms with Crippen LogP contribution >= 0.6 is 27.3 Å². The quantitative estimate of drug-likeness (QED) is 0.621. The summed E-state index contributed by atoms with van der Waals surface area (Å²) >= 11 is 4.59. The molecule has 0 saturated heterocycles. The van der Waals surface area contributed by atoms with Gasteiger partial charge in [-0.15, -0.1) is 6.58 Å². The number of carbonyl (C=O) groups is 1. The van der Waals surface area contributed by atoms with Crippen molar-refractivity contribution in [3.05, 3.63) is 62.1 Å². The summed E-state index contributed by atoms with van der Waals surface area (Å²) in [5.74, 6) is -0.209. The highest BCUT2D eigenvalue weighted by Crippen LogP contribution is 2.37. The van der Waals surface area contributed by atoms with Crippen molar-refractivity contribution in [2.45, 2.75) is 0 Å². The minimum atomic E-state index is -0.322. The van der Waals surface area contributed by atoms with Crippen LogP contribution in [-0.2, 0) is 4.79 Å². The van der Waals surface area contributed by atoms with E-state index >= 15 is 0 Å². The lowest BCUT2D eigenvalue weighted by atomic mass is 10.1. The van der Waals surface area contributed by atoms with E-state index in [1.54, 1.807) is 11.0 Å². The Morgan fingerprint density at radius 3 is 2.91 bits per heavy atom. The van der Waals surface area contributed by atoms with Crippen molar-refractivity contribution in [2.24, 2.45) is 0 Å². The zero-order valence-corrected chi connectivity index (χ0v) is 14.1. The predicted molar refractivity (Wildman–Crippen MR) is 91.6 cm³/mol. The van der Waals surface area contributed by atoms with E-state index in [-0.39, 0.29) is 11.5 Å². The summed E-state index contributed by atoms with van der Waals surface area (Å²) in [6.07, 6.45) is 2.99. The van der Waals surface area contributed by atoms with Crippen molar-refractivity contribution < 1.29 is 4.79 Å². The number of nitrogens with zero attached hydrogens (tertiary/aromatic N) is 4. The number of anilines is 1. The average Bonchev–Trinajstić information content (AvgIpc) is 3.16. The van der Waals surface area contributed by atoms with Gasteiger partial charge in [-0.1, -0.05) is 33.3 Å². The van der Waals surface area contributed by atoms with Crippen LogP contribution in [0.15, 0.2) is 46.4 Å². The number of hydrogen-bond acceptors (Lipinski definition) is 5. The summed E-state index contributed by atoms with van der Waals surface area (Å²) in [6, 6.07) is 5.57. The van der Waals surface area contributed by atoms with Crippen molar-refractivity contribution in [1.29, 1.82) is 0 Å². The Morgan fingerprint density at radius 2 is 2.17 bits per heavy atom. The summed E-state index contributed by atoms with van der Waals surface area (Å²) in [4.78, 5) is 31.5. The largest absolute Gasteiger partial charge is 0.304 e. The first-order valence-electron chi connectivity index (χ1n) is 6.71. The van der Waals surface area contributed by atoms with Gasteiger partial charge in [0.15, 0.2) is 0 Å². The summed E-state index contributed by atoms with van der Waals surface area (Å²) in [5, 5.41) is 3.90. The maximum absolute atomic E-state index is 12.9. The molecule has 6 nitrogen and oxygen atoms in total. The number of benzene rings is 1. The Hall–Kier alpha value is -2.32. The molecule has 0 fully saturated rings. The van der Waals surface area contributed by atoms with Crippen LogP contribution in [-0.4, -0.2) is 27.0 Å². The zero-order chi connectivity index (χ0) is 16.1. The molecule has 1 aromatic carbocycles. The lowest BCUT2D eigenvalue weighted by Gasteiger charge is -2.14. The number of fused-ring (bicyclic) bond motifs is 2.